The Hall–Kier alpha value is -1.95. The van der Waals surface area contributed by atoms with Crippen molar-refractivity contribution >= 4 is 27.5 Å². The van der Waals surface area contributed by atoms with Gasteiger partial charge in [-0.3, -0.25) is 4.79 Å². The molecule has 1 aliphatic heterocycles. The standard InChI is InChI=1S/C21H22BrNO3/c1-15(7-5-6-12-24)21(26)18-13-17(22)10-11-19(18)23(20(21)25)14-16-8-3-2-4-9-16/h2-5,7-11,13,15,24,26H,6,12,14H2,1H3/b7-5+/t15-,21+/m0/s1. The molecule has 0 aromatic heterocycles. The number of aliphatic hydroxyl groups is 2. The Morgan fingerprint density at radius 3 is 2.65 bits per heavy atom. The summed E-state index contributed by atoms with van der Waals surface area (Å²) in [6.07, 6.45) is 4.09. The first-order valence-corrected chi connectivity index (χ1v) is 9.43. The predicted octanol–water partition coefficient (Wildman–Crippen LogP) is 3.76. The van der Waals surface area contributed by atoms with Gasteiger partial charge in [-0.2, -0.15) is 0 Å². The van der Waals surface area contributed by atoms with Crippen LogP contribution in [0.4, 0.5) is 5.69 Å². The molecule has 3 rings (SSSR count). The number of carbonyl (C=O) groups excluding carboxylic acids is 1. The maximum absolute atomic E-state index is 13.3. The van der Waals surface area contributed by atoms with Gasteiger partial charge < -0.3 is 15.1 Å². The Morgan fingerprint density at radius 2 is 1.96 bits per heavy atom. The third-order valence-electron chi connectivity index (χ3n) is 4.79. The lowest BCUT2D eigenvalue weighted by Gasteiger charge is -2.27. The van der Waals surface area contributed by atoms with Crippen molar-refractivity contribution in [3.05, 3.63) is 76.3 Å². The largest absolute Gasteiger partial charge is 0.396 e. The van der Waals surface area contributed by atoms with E-state index in [1.165, 1.54) is 0 Å². The topological polar surface area (TPSA) is 60.8 Å². The van der Waals surface area contributed by atoms with Crippen LogP contribution in [0.3, 0.4) is 0 Å². The molecule has 1 heterocycles. The fraction of sp³-hybridized carbons (Fsp3) is 0.286. The lowest BCUT2D eigenvalue weighted by molar-refractivity contribution is -0.139. The van der Waals surface area contributed by atoms with E-state index in [4.69, 9.17) is 5.11 Å². The van der Waals surface area contributed by atoms with E-state index in [0.29, 0.717) is 18.5 Å². The maximum Gasteiger partial charge on any atom is 0.264 e. The van der Waals surface area contributed by atoms with Gasteiger partial charge in [0, 0.05) is 22.6 Å². The summed E-state index contributed by atoms with van der Waals surface area (Å²) in [6.45, 7) is 2.27. The molecule has 2 aromatic rings. The zero-order valence-electron chi connectivity index (χ0n) is 14.6. The second-order valence-corrected chi connectivity index (χ2v) is 7.45. The number of hydrogen-bond acceptors (Lipinski definition) is 3. The van der Waals surface area contributed by atoms with E-state index in [1.807, 2.05) is 55.5 Å². The summed E-state index contributed by atoms with van der Waals surface area (Å²) < 4.78 is 0.815. The fourth-order valence-electron chi connectivity index (χ4n) is 3.36. The number of anilines is 1. The van der Waals surface area contributed by atoms with E-state index in [1.54, 1.807) is 17.1 Å². The molecule has 2 N–H and O–H groups in total. The van der Waals surface area contributed by atoms with Crippen molar-refractivity contribution in [1.29, 1.82) is 0 Å². The number of nitrogens with zero attached hydrogens (tertiary/aromatic N) is 1. The number of fused-ring (bicyclic) bond motifs is 1. The van der Waals surface area contributed by atoms with Crippen LogP contribution in [0.25, 0.3) is 0 Å². The van der Waals surface area contributed by atoms with Gasteiger partial charge in [0.1, 0.15) is 0 Å². The zero-order valence-corrected chi connectivity index (χ0v) is 16.2. The molecule has 26 heavy (non-hydrogen) atoms. The summed E-state index contributed by atoms with van der Waals surface area (Å²) in [5, 5.41) is 20.4. The van der Waals surface area contributed by atoms with E-state index in [9.17, 15) is 9.90 Å². The van der Waals surface area contributed by atoms with Crippen LogP contribution in [-0.2, 0) is 16.9 Å². The molecule has 5 heteroatoms. The minimum atomic E-state index is -1.63. The van der Waals surface area contributed by atoms with Gasteiger partial charge in [-0.05, 0) is 30.2 Å². The third kappa shape index (κ3) is 3.34. The predicted molar refractivity (Wildman–Crippen MR) is 106 cm³/mol. The number of rotatable bonds is 6. The zero-order chi connectivity index (χ0) is 18.7. The maximum atomic E-state index is 13.3. The quantitative estimate of drug-likeness (QED) is 0.706. The Balaban J connectivity index is 2.02. The van der Waals surface area contributed by atoms with Gasteiger partial charge in [0.25, 0.3) is 5.91 Å². The molecule has 0 unspecified atom stereocenters. The van der Waals surface area contributed by atoms with Crippen LogP contribution < -0.4 is 4.90 Å². The van der Waals surface area contributed by atoms with Gasteiger partial charge in [-0.25, -0.2) is 0 Å². The van der Waals surface area contributed by atoms with Gasteiger partial charge in [-0.15, -0.1) is 0 Å². The van der Waals surface area contributed by atoms with Gasteiger partial charge in [0.15, 0.2) is 5.60 Å². The number of amides is 1. The number of halogens is 1. The van der Waals surface area contributed by atoms with E-state index in [2.05, 4.69) is 15.9 Å². The van der Waals surface area contributed by atoms with E-state index < -0.39 is 11.5 Å². The number of aliphatic hydroxyl groups excluding tert-OH is 1. The van der Waals surface area contributed by atoms with Crippen molar-refractivity contribution < 1.29 is 15.0 Å². The second kappa shape index (κ2) is 7.74. The summed E-state index contributed by atoms with van der Waals surface area (Å²) >= 11 is 3.44. The first-order chi connectivity index (χ1) is 12.5. The Labute approximate surface area is 161 Å². The number of benzene rings is 2. The molecule has 0 fully saturated rings. The summed E-state index contributed by atoms with van der Waals surface area (Å²) in [6, 6.07) is 15.3. The lowest BCUT2D eigenvalue weighted by atomic mass is 9.83. The van der Waals surface area contributed by atoms with Gasteiger partial charge >= 0.3 is 0 Å². The normalized spacial score (nSPS) is 20.6. The smallest absolute Gasteiger partial charge is 0.264 e. The molecular formula is C21H22BrNO3. The summed E-state index contributed by atoms with van der Waals surface area (Å²) in [4.78, 5) is 14.9. The first kappa shape index (κ1) is 18.8. The average molecular weight is 416 g/mol. The Morgan fingerprint density at radius 1 is 1.23 bits per heavy atom. The minimum Gasteiger partial charge on any atom is -0.396 e. The highest BCUT2D eigenvalue weighted by Gasteiger charge is 2.52. The van der Waals surface area contributed by atoms with Crippen molar-refractivity contribution in [2.24, 2.45) is 5.92 Å². The summed E-state index contributed by atoms with van der Waals surface area (Å²) in [5.41, 5.74) is 0.711. The summed E-state index contributed by atoms with van der Waals surface area (Å²) in [5.74, 6) is -0.744. The molecule has 4 nitrogen and oxygen atoms in total. The van der Waals surface area contributed by atoms with Crippen LogP contribution in [0, 0.1) is 5.92 Å². The van der Waals surface area contributed by atoms with Crippen LogP contribution in [0.2, 0.25) is 0 Å². The molecule has 1 amide bonds. The van der Waals surface area contributed by atoms with Gasteiger partial charge in [-0.1, -0.05) is 65.3 Å². The highest BCUT2D eigenvalue weighted by molar-refractivity contribution is 9.10. The Bertz CT molecular complexity index is 821. The molecule has 2 aromatic carbocycles. The van der Waals surface area contributed by atoms with Crippen molar-refractivity contribution in [1.82, 2.24) is 0 Å². The monoisotopic (exact) mass is 415 g/mol. The molecule has 0 saturated carbocycles. The van der Waals surface area contributed by atoms with Crippen LogP contribution in [0.1, 0.15) is 24.5 Å². The van der Waals surface area contributed by atoms with Crippen molar-refractivity contribution in [2.45, 2.75) is 25.5 Å². The number of hydrogen-bond donors (Lipinski definition) is 2. The Kier molecular flexibility index (Phi) is 5.61. The van der Waals surface area contributed by atoms with Crippen molar-refractivity contribution in [3.8, 4) is 0 Å². The van der Waals surface area contributed by atoms with Crippen LogP contribution in [-0.4, -0.2) is 22.7 Å². The minimum absolute atomic E-state index is 0.0395. The highest BCUT2D eigenvalue weighted by atomic mass is 79.9. The van der Waals surface area contributed by atoms with E-state index in [-0.39, 0.29) is 12.5 Å². The molecular weight excluding hydrogens is 394 g/mol. The molecule has 0 spiro atoms. The molecule has 0 aliphatic carbocycles. The van der Waals surface area contributed by atoms with Crippen molar-refractivity contribution in [3.63, 3.8) is 0 Å². The van der Waals surface area contributed by atoms with Crippen molar-refractivity contribution in [2.75, 3.05) is 11.5 Å². The average Bonchev–Trinajstić information content (AvgIpc) is 2.85. The van der Waals surface area contributed by atoms with E-state index >= 15 is 0 Å². The SMILES string of the molecule is C[C@@H](/C=C/CCO)[C@]1(O)C(=O)N(Cc2ccccc2)c2ccc(Br)cc21. The molecule has 2 atom stereocenters. The summed E-state index contributed by atoms with van der Waals surface area (Å²) in [7, 11) is 0. The van der Waals surface area contributed by atoms with Gasteiger partial charge in [0.05, 0.1) is 12.2 Å². The molecule has 136 valence electrons. The van der Waals surface area contributed by atoms with Crippen LogP contribution >= 0.6 is 15.9 Å². The lowest BCUT2D eigenvalue weighted by Crippen LogP contribution is -2.44. The van der Waals surface area contributed by atoms with Crippen LogP contribution in [0.5, 0.6) is 0 Å². The van der Waals surface area contributed by atoms with E-state index in [0.717, 1.165) is 15.7 Å². The molecule has 0 radical (unpaired) electrons. The first-order valence-electron chi connectivity index (χ1n) is 8.64. The number of carbonyl (C=O) groups is 1. The molecule has 1 aliphatic rings. The van der Waals surface area contributed by atoms with Gasteiger partial charge in [0.2, 0.25) is 0 Å². The fourth-order valence-corrected chi connectivity index (χ4v) is 3.72. The third-order valence-corrected chi connectivity index (χ3v) is 5.29. The molecule has 0 bridgehead atoms. The second-order valence-electron chi connectivity index (χ2n) is 6.53. The highest BCUT2D eigenvalue weighted by Crippen LogP contribution is 2.46. The molecule has 0 saturated heterocycles. The van der Waals surface area contributed by atoms with Crippen LogP contribution in [0.15, 0.2) is 65.2 Å².